The van der Waals surface area contributed by atoms with Crippen LogP contribution in [0, 0.1) is 5.92 Å². The summed E-state index contributed by atoms with van der Waals surface area (Å²) < 4.78 is 37.0. The lowest BCUT2D eigenvalue weighted by atomic mass is 10.0. The standard InChI is InChI=1S/C28H38N4O6S2/c1-18(2)11-12-19(3)32-27(34)25(17-26(33)30-23-16-21(37-6)13-14-24(23)38-7)39-28(32)29-20-9-8-10-22(15-20)40(35,36)31(4)5/h8-10,13-16,18-19,25H,11-12,17H2,1-7H3,(H,30,33)/t19-,25-/m0/s1. The van der Waals surface area contributed by atoms with Crippen LogP contribution < -0.4 is 14.8 Å². The second-order valence-corrected chi connectivity index (χ2v) is 13.5. The first-order valence-corrected chi connectivity index (χ1v) is 15.3. The minimum absolute atomic E-state index is 0.0780. The molecule has 12 heteroatoms. The van der Waals surface area contributed by atoms with Crippen molar-refractivity contribution in [2.24, 2.45) is 10.9 Å². The number of sulfonamides is 1. The molecule has 1 heterocycles. The molecule has 1 aliphatic rings. The van der Waals surface area contributed by atoms with E-state index in [9.17, 15) is 18.0 Å². The van der Waals surface area contributed by atoms with Gasteiger partial charge in [-0.2, -0.15) is 0 Å². The fourth-order valence-corrected chi connectivity index (χ4v) is 6.31. The number of benzene rings is 2. The summed E-state index contributed by atoms with van der Waals surface area (Å²) in [6.45, 7) is 6.21. The Hall–Kier alpha value is -3.09. The lowest BCUT2D eigenvalue weighted by molar-refractivity contribution is -0.129. The Morgan fingerprint density at radius 2 is 1.82 bits per heavy atom. The average Bonchev–Trinajstić information content (AvgIpc) is 3.20. The van der Waals surface area contributed by atoms with E-state index < -0.39 is 15.3 Å². The van der Waals surface area contributed by atoms with Crippen LogP contribution in [0.3, 0.4) is 0 Å². The van der Waals surface area contributed by atoms with Crippen LogP contribution in [0.5, 0.6) is 11.5 Å². The highest BCUT2D eigenvalue weighted by molar-refractivity contribution is 8.15. The summed E-state index contributed by atoms with van der Waals surface area (Å²) in [5.41, 5.74) is 0.850. The number of aliphatic imine (C=N–C) groups is 1. The van der Waals surface area contributed by atoms with Crippen molar-refractivity contribution in [3.8, 4) is 11.5 Å². The molecule has 1 saturated heterocycles. The third kappa shape index (κ3) is 7.55. The number of methoxy groups -OCH3 is 2. The maximum atomic E-state index is 13.6. The molecule has 3 rings (SSSR count). The Morgan fingerprint density at radius 3 is 2.45 bits per heavy atom. The van der Waals surface area contributed by atoms with Gasteiger partial charge in [0.1, 0.15) is 16.7 Å². The van der Waals surface area contributed by atoms with Crippen LogP contribution in [0.4, 0.5) is 11.4 Å². The third-order valence-corrected chi connectivity index (χ3v) is 9.40. The molecular formula is C28H38N4O6S2. The van der Waals surface area contributed by atoms with Crippen LogP contribution in [0.1, 0.15) is 40.0 Å². The number of ether oxygens (including phenoxy) is 2. The van der Waals surface area contributed by atoms with Crippen molar-refractivity contribution in [2.75, 3.05) is 33.6 Å². The molecule has 2 amide bonds. The van der Waals surface area contributed by atoms with Gasteiger partial charge in [-0.15, -0.1) is 0 Å². The van der Waals surface area contributed by atoms with Crippen molar-refractivity contribution in [2.45, 2.75) is 56.2 Å². The zero-order chi connectivity index (χ0) is 29.6. The molecule has 0 radical (unpaired) electrons. The molecule has 0 saturated carbocycles. The molecule has 0 aromatic heterocycles. The van der Waals surface area contributed by atoms with Crippen molar-refractivity contribution < 1.29 is 27.5 Å². The van der Waals surface area contributed by atoms with E-state index in [0.717, 1.165) is 17.1 Å². The number of carbonyl (C=O) groups excluding carboxylic acids is 2. The predicted octanol–water partition coefficient (Wildman–Crippen LogP) is 4.74. The fraction of sp³-hybridized carbons (Fsp3) is 0.464. The average molecular weight is 591 g/mol. The number of rotatable bonds is 12. The topological polar surface area (TPSA) is 118 Å². The molecule has 2 aromatic carbocycles. The van der Waals surface area contributed by atoms with Crippen molar-refractivity contribution >= 4 is 50.1 Å². The van der Waals surface area contributed by atoms with E-state index in [1.165, 1.54) is 52.2 Å². The lowest BCUT2D eigenvalue weighted by Gasteiger charge is -2.25. The molecule has 1 N–H and O–H groups in total. The molecule has 1 aliphatic heterocycles. The maximum absolute atomic E-state index is 13.6. The summed E-state index contributed by atoms with van der Waals surface area (Å²) in [6.07, 6.45) is 1.60. The predicted molar refractivity (Wildman–Crippen MR) is 159 cm³/mol. The molecule has 0 spiro atoms. The molecule has 40 heavy (non-hydrogen) atoms. The van der Waals surface area contributed by atoms with E-state index in [1.54, 1.807) is 35.2 Å². The number of nitrogens with zero attached hydrogens (tertiary/aromatic N) is 3. The Labute approximate surface area is 241 Å². The summed E-state index contributed by atoms with van der Waals surface area (Å²) in [7, 11) is 2.31. The first kappa shape index (κ1) is 31.4. The second kappa shape index (κ2) is 13.5. The van der Waals surface area contributed by atoms with E-state index in [0.29, 0.717) is 34.0 Å². The van der Waals surface area contributed by atoms with Gasteiger partial charge in [0, 0.05) is 32.6 Å². The van der Waals surface area contributed by atoms with Gasteiger partial charge in [-0.3, -0.25) is 14.5 Å². The van der Waals surface area contributed by atoms with Crippen molar-refractivity contribution in [1.82, 2.24) is 9.21 Å². The molecule has 218 valence electrons. The Bertz CT molecular complexity index is 1360. The quantitative estimate of drug-likeness (QED) is 0.379. The lowest BCUT2D eigenvalue weighted by Crippen LogP contribution is -2.40. The Kier molecular flexibility index (Phi) is 10.6. The van der Waals surface area contributed by atoms with Crippen LogP contribution in [0.25, 0.3) is 0 Å². The second-order valence-electron chi connectivity index (χ2n) is 10.1. The van der Waals surface area contributed by atoms with Crippen LogP contribution >= 0.6 is 11.8 Å². The van der Waals surface area contributed by atoms with Crippen molar-refractivity contribution in [3.05, 3.63) is 42.5 Å². The van der Waals surface area contributed by atoms with E-state index in [1.807, 2.05) is 6.92 Å². The molecule has 0 unspecified atom stereocenters. The zero-order valence-corrected chi connectivity index (χ0v) is 25.6. The fourth-order valence-electron chi connectivity index (χ4n) is 4.12. The van der Waals surface area contributed by atoms with Gasteiger partial charge in [0.25, 0.3) is 0 Å². The molecule has 0 aliphatic carbocycles. The van der Waals surface area contributed by atoms with E-state index in [4.69, 9.17) is 14.5 Å². The van der Waals surface area contributed by atoms with Gasteiger partial charge < -0.3 is 14.8 Å². The SMILES string of the molecule is COc1ccc(OC)c(NC(=O)C[C@@H]2SC(=Nc3cccc(S(=O)(=O)N(C)C)c3)N([C@@H](C)CCC(C)C)C2=O)c1. The first-order chi connectivity index (χ1) is 18.9. The molecular weight excluding hydrogens is 552 g/mol. The van der Waals surface area contributed by atoms with Crippen LogP contribution in [0.2, 0.25) is 0 Å². The summed E-state index contributed by atoms with van der Waals surface area (Å²) in [5.74, 6) is 0.927. The van der Waals surface area contributed by atoms with Gasteiger partial charge >= 0.3 is 0 Å². The number of thioether (sulfide) groups is 1. The summed E-state index contributed by atoms with van der Waals surface area (Å²) >= 11 is 1.21. The smallest absolute Gasteiger partial charge is 0.242 e. The van der Waals surface area contributed by atoms with Gasteiger partial charge in [-0.05, 0) is 56.0 Å². The van der Waals surface area contributed by atoms with Gasteiger partial charge in [-0.1, -0.05) is 31.7 Å². The third-order valence-electron chi connectivity index (χ3n) is 6.44. The van der Waals surface area contributed by atoms with Gasteiger partial charge in [0.15, 0.2) is 5.17 Å². The zero-order valence-electron chi connectivity index (χ0n) is 24.0. The van der Waals surface area contributed by atoms with Gasteiger partial charge in [0.2, 0.25) is 21.8 Å². The first-order valence-electron chi connectivity index (χ1n) is 13.0. The molecule has 0 bridgehead atoms. The summed E-state index contributed by atoms with van der Waals surface area (Å²) in [4.78, 5) is 33.1. The normalized spacial score (nSPS) is 17.5. The van der Waals surface area contributed by atoms with Crippen molar-refractivity contribution in [3.63, 3.8) is 0 Å². The number of amidine groups is 1. The highest BCUT2D eigenvalue weighted by Gasteiger charge is 2.41. The minimum atomic E-state index is -3.65. The summed E-state index contributed by atoms with van der Waals surface area (Å²) in [6, 6.07) is 11.2. The highest BCUT2D eigenvalue weighted by atomic mass is 32.2. The van der Waals surface area contributed by atoms with E-state index >= 15 is 0 Å². The summed E-state index contributed by atoms with van der Waals surface area (Å²) in [5, 5.41) is 2.58. The highest BCUT2D eigenvalue weighted by Crippen LogP contribution is 2.36. The number of carbonyl (C=O) groups is 2. The van der Waals surface area contributed by atoms with Crippen molar-refractivity contribution in [1.29, 1.82) is 0 Å². The number of hydrogen-bond acceptors (Lipinski definition) is 8. The van der Waals surface area contributed by atoms with Gasteiger partial charge in [0.05, 0.1) is 30.5 Å². The van der Waals surface area contributed by atoms with Crippen LogP contribution in [0.15, 0.2) is 52.4 Å². The number of anilines is 1. The number of nitrogens with one attached hydrogen (secondary N) is 1. The Morgan fingerprint density at radius 1 is 1.10 bits per heavy atom. The van der Waals surface area contributed by atoms with Gasteiger partial charge in [-0.25, -0.2) is 17.7 Å². The Balaban J connectivity index is 1.89. The molecule has 10 nitrogen and oxygen atoms in total. The van der Waals surface area contributed by atoms with E-state index in [2.05, 4.69) is 19.2 Å². The van der Waals surface area contributed by atoms with E-state index in [-0.39, 0.29) is 29.2 Å². The monoisotopic (exact) mass is 590 g/mol. The van der Waals surface area contributed by atoms with Crippen LogP contribution in [-0.4, -0.2) is 74.2 Å². The molecule has 2 atom stereocenters. The molecule has 2 aromatic rings. The number of amides is 2. The minimum Gasteiger partial charge on any atom is -0.497 e. The number of hydrogen-bond donors (Lipinski definition) is 1. The van der Waals surface area contributed by atoms with Crippen LogP contribution in [-0.2, 0) is 19.6 Å². The maximum Gasteiger partial charge on any atom is 0.242 e. The largest absolute Gasteiger partial charge is 0.497 e. The molecule has 1 fully saturated rings.